The highest BCUT2D eigenvalue weighted by molar-refractivity contribution is 9.10. The normalized spacial score (nSPS) is 11.5. The Morgan fingerprint density at radius 3 is 2.71 bits per heavy atom. The lowest BCUT2D eigenvalue weighted by atomic mass is 10.1. The van der Waals surface area contributed by atoms with Crippen molar-refractivity contribution in [2.24, 2.45) is 17.3 Å². The first kappa shape index (κ1) is 16.7. The van der Waals surface area contributed by atoms with Gasteiger partial charge in [-0.25, -0.2) is 0 Å². The van der Waals surface area contributed by atoms with Crippen molar-refractivity contribution >= 4 is 50.0 Å². The van der Waals surface area contributed by atoms with E-state index in [0.717, 1.165) is 15.6 Å². The van der Waals surface area contributed by atoms with E-state index in [2.05, 4.69) is 26.2 Å². The molecular formula is C17H13BrClN3O2. The Bertz CT molecular complexity index is 995. The van der Waals surface area contributed by atoms with Crippen LogP contribution in [0.5, 0.6) is 5.88 Å². The zero-order valence-corrected chi connectivity index (χ0v) is 15.3. The van der Waals surface area contributed by atoms with Gasteiger partial charge in [0.15, 0.2) is 5.69 Å². The van der Waals surface area contributed by atoms with E-state index in [4.69, 9.17) is 11.6 Å². The minimum Gasteiger partial charge on any atom is -0.493 e. The van der Waals surface area contributed by atoms with Crippen molar-refractivity contribution < 1.29 is 9.90 Å². The van der Waals surface area contributed by atoms with Gasteiger partial charge in [0.1, 0.15) is 0 Å². The van der Waals surface area contributed by atoms with Crippen LogP contribution in [0.25, 0.3) is 10.9 Å². The van der Waals surface area contributed by atoms with Gasteiger partial charge in [0.2, 0.25) is 5.88 Å². The molecule has 3 rings (SSSR count). The van der Waals surface area contributed by atoms with Crippen molar-refractivity contribution in [3.05, 3.63) is 57.0 Å². The zero-order valence-electron chi connectivity index (χ0n) is 12.9. The molecule has 0 radical (unpaired) electrons. The summed E-state index contributed by atoms with van der Waals surface area (Å²) in [5.41, 5.74) is 2.31. The Morgan fingerprint density at radius 2 is 2.00 bits per heavy atom. The summed E-state index contributed by atoms with van der Waals surface area (Å²) in [6.07, 6.45) is 0. The number of benzene rings is 2. The van der Waals surface area contributed by atoms with E-state index >= 15 is 0 Å². The first-order valence-corrected chi connectivity index (χ1v) is 8.25. The fourth-order valence-corrected chi connectivity index (χ4v) is 3.42. The molecule has 0 saturated carbocycles. The Morgan fingerprint density at radius 1 is 1.29 bits per heavy atom. The van der Waals surface area contributed by atoms with Crippen molar-refractivity contribution in [1.29, 1.82) is 0 Å². The van der Waals surface area contributed by atoms with Crippen molar-refractivity contribution in [2.45, 2.75) is 6.92 Å². The number of nitrogens with zero attached hydrogens (tertiary/aromatic N) is 3. The monoisotopic (exact) mass is 405 g/mol. The Kier molecular flexibility index (Phi) is 4.43. The van der Waals surface area contributed by atoms with Crippen LogP contribution in [0, 0.1) is 6.92 Å². The Balaban J connectivity index is 2.09. The third kappa shape index (κ3) is 2.83. The summed E-state index contributed by atoms with van der Waals surface area (Å²) in [6, 6.07) is 10.4. The topological polar surface area (TPSA) is 66.9 Å². The van der Waals surface area contributed by atoms with Crippen molar-refractivity contribution in [3.8, 4) is 5.88 Å². The molecular weight excluding hydrogens is 394 g/mol. The number of rotatable bonds is 2. The molecule has 0 spiro atoms. The lowest BCUT2D eigenvalue weighted by Crippen LogP contribution is -1.94. The molecule has 0 aliphatic rings. The molecule has 0 atom stereocenters. The maximum atomic E-state index is 12.2. The van der Waals surface area contributed by atoms with E-state index in [-0.39, 0.29) is 17.1 Å². The average Bonchev–Trinajstić information content (AvgIpc) is 2.77. The molecule has 0 bridgehead atoms. The van der Waals surface area contributed by atoms with Gasteiger partial charge in [-0.05, 0) is 36.8 Å². The fourth-order valence-electron chi connectivity index (χ4n) is 2.63. The second-order valence-electron chi connectivity index (χ2n) is 5.34. The van der Waals surface area contributed by atoms with Crippen LogP contribution in [-0.2, 0) is 7.05 Å². The number of aromatic hydroxyl groups is 1. The lowest BCUT2D eigenvalue weighted by molar-refractivity contribution is 0.0995. The summed E-state index contributed by atoms with van der Waals surface area (Å²) in [6.45, 7) is 1.93. The quantitative estimate of drug-likeness (QED) is 0.568. The second kappa shape index (κ2) is 6.37. The van der Waals surface area contributed by atoms with Crippen LogP contribution < -0.4 is 0 Å². The van der Waals surface area contributed by atoms with E-state index in [0.29, 0.717) is 10.4 Å². The summed E-state index contributed by atoms with van der Waals surface area (Å²) < 4.78 is 2.47. The van der Waals surface area contributed by atoms with Gasteiger partial charge in [-0.1, -0.05) is 39.7 Å². The number of aromatic nitrogens is 1. The molecule has 24 heavy (non-hydrogen) atoms. The number of aryl methyl sites for hydroxylation is 2. The maximum Gasteiger partial charge on any atom is 0.296 e. The van der Waals surface area contributed by atoms with Gasteiger partial charge in [0, 0.05) is 16.9 Å². The summed E-state index contributed by atoms with van der Waals surface area (Å²) in [7, 11) is 1.73. The fraction of sp³-hybridized carbons (Fsp3) is 0.118. The molecule has 1 aromatic heterocycles. The van der Waals surface area contributed by atoms with E-state index in [1.165, 1.54) is 0 Å². The van der Waals surface area contributed by atoms with Crippen LogP contribution in [0.3, 0.4) is 0 Å². The number of hydrogen-bond donors (Lipinski definition) is 1. The summed E-state index contributed by atoms with van der Waals surface area (Å²) in [5, 5.41) is 19.0. The summed E-state index contributed by atoms with van der Waals surface area (Å²) >= 11 is 9.42. The Labute approximate surface area is 151 Å². The first-order chi connectivity index (χ1) is 11.4. The maximum absolute atomic E-state index is 12.2. The van der Waals surface area contributed by atoms with Gasteiger partial charge in [-0.15, -0.1) is 10.2 Å². The zero-order chi connectivity index (χ0) is 17.4. The smallest absolute Gasteiger partial charge is 0.296 e. The first-order valence-electron chi connectivity index (χ1n) is 7.08. The van der Waals surface area contributed by atoms with Crippen LogP contribution in [0.1, 0.15) is 15.9 Å². The highest BCUT2D eigenvalue weighted by Crippen LogP contribution is 2.40. The van der Waals surface area contributed by atoms with Crippen LogP contribution >= 0.6 is 27.5 Å². The largest absolute Gasteiger partial charge is 0.493 e. The predicted octanol–water partition coefficient (Wildman–Crippen LogP) is 5.53. The number of fused-ring (bicyclic) bond motifs is 1. The van der Waals surface area contributed by atoms with Crippen LogP contribution in [0.4, 0.5) is 5.69 Å². The van der Waals surface area contributed by atoms with Gasteiger partial charge in [0.05, 0.1) is 16.1 Å². The number of halogens is 2. The molecule has 0 fully saturated rings. The minimum absolute atomic E-state index is 0.0538. The number of hydrogen-bond acceptors (Lipinski definition) is 3. The molecule has 2 aromatic carbocycles. The average molecular weight is 407 g/mol. The van der Waals surface area contributed by atoms with Gasteiger partial charge < -0.3 is 9.67 Å². The van der Waals surface area contributed by atoms with Gasteiger partial charge in [-0.2, -0.15) is 0 Å². The molecule has 0 saturated heterocycles. The Hall–Kier alpha value is -2.18. The molecule has 5 nitrogen and oxygen atoms in total. The number of azo groups is 1. The molecule has 0 aliphatic carbocycles. The van der Waals surface area contributed by atoms with Gasteiger partial charge in [0.25, 0.3) is 5.91 Å². The van der Waals surface area contributed by atoms with Crippen molar-refractivity contribution in [1.82, 2.24) is 4.57 Å². The van der Waals surface area contributed by atoms with Crippen LogP contribution in [0.15, 0.2) is 51.1 Å². The molecule has 1 N–H and O–H groups in total. The SMILES string of the molecule is Cc1cc(Br)cc2c(N=NC(=O)c3ccccc3Cl)c(O)n(C)c12. The molecule has 122 valence electrons. The van der Waals surface area contributed by atoms with Crippen molar-refractivity contribution in [3.63, 3.8) is 0 Å². The van der Waals surface area contributed by atoms with Crippen LogP contribution in [0.2, 0.25) is 5.02 Å². The third-order valence-electron chi connectivity index (χ3n) is 3.73. The predicted molar refractivity (Wildman–Crippen MR) is 97.3 cm³/mol. The minimum atomic E-state index is -0.566. The third-order valence-corrected chi connectivity index (χ3v) is 4.52. The lowest BCUT2D eigenvalue weighted by Gasteiger charge is -2.01. The molecule has 0 unspecified atom stereocenters. The number of carbonyl (C=O) groups excluding carboxylic acids is 1. The highest BCUT2D eigenvalue weighted by Gasteiger charge is 2.17. The molecule has 1 heterocycles. The molecule has 3 aromatic rings. The van der Waals surface area contributed by atoms with E-state index in [1.807, 2.05) is 19.1 Å². The standard InChI is InChI=1S/C17H13BrClN3O2/c1-9-7-10(18)8-12-14(17(24)22(2)15(9)12)20-21-16(23)11-5-3-4-6-13(11)19/h3-8,24H,1-2H3. The second-order valence-corrected chi connectivity index (χ2v) is 6.66. The summed E-state index contributed by atoms with van der Waals surface area (Å²) in [5.74, 6) is -0.620. The van der Waals surface area contributed by atoms with Gasteiger partial charge in [-0.3, -0.25) is 4.79 Å². The van der Waals surface area contributed by atoms with E-state index in [1.54, 1.807) is 35.9 Å². The van der Waals surface area contributed by atoms with Crippen LogP contribution in [-0.4, -0.2) is 15.6 Å². The highest BCUT2D eigenvalue weighted by atomic mass is 79.9. The molecule has 0 aliphatic heterocycles. The summed E-state index contributed by atoms with van der Waals surface area (Å²) in [4.78, 5) is 12.2. The molecule has 1 amide bonds. The number of carbonyl (C=O) groups is 1. The van der Waals surface area contributed by atoms with Gasteiger partial charge >= 0.3 is 0 Å². The molecule has 7 heteroatoms. The van der Waals surface area contributed by atoms with E-state index in [9.17, 15) is 9.90 Å². The van der Waals surface area contributed by atoms with Crippen molar-refractivity contribution in [2.75, 3.05) is 0 Å². The van der Waals surface area contributed by atoms with E-state index < -0.39 is 5.91 Å². The number of amides is 1.